The van der Waals surface area contributed by atoms with Crippen molar-refractivity contribution in [2.24, 2.45) is 0 Å². The molecule has 5 heteroatoms. The van der Waals surface area contributed by atoms with Gasteiger partial charge < -0.3 is 10.6 Å². The van der Waals surface area contributed by atoms with Gasteiger partial charge >= 0.3 is 0 Å². The molecule has 0 saturated heterocycles. The zero-order chi connectivity index (χ0) is 14.7. The monoisotopic (exact) mass is 302 g/mol. The summed E-state index contributed by atoms with van der Waals surface area (Å²) in [6.07, 6.45) is 3.39. The Labute approximate surface area is 130 Å². The van der Waals surface area contributed by atoms with Gasteiger partial charge in [0.05, 0.1) is 0 Å². The van der Waals surface area contributed by atoms with Gasteiger partial charge in [0, 0.05) is 23.7 Å². The van der Waals surface area contributed by atoms with Crippen molar-refractivity contribution in [1.29, 1.82) is 0 Å². The highest BCUT2D eigenvalue weighted by atomic mass is 35.5. The summed E-state index contributed by atoms with van der Waals surface area (Å²) in [6, 6.07) is 10.5. The third-order valence-electron chi connectivity index (χ3n) is 3.38. The van der Waals surface area contributed by atoms with Crippen LogP contribution in [0.2, 0.25) is 5.02 Å². The molecule has 0 aliphatic heterocycles. The van der Waals surface area contributed by atoms with E-state index in [4.69, 9.17) is 11.6 Å². The molecule has 1 aromatic heterocycles. The first-order chi connectivity index (χ1) is 10.2. The van der Waals surface area contributed by atoms with Gasteiger partial charge in [0.25, 0.3) is 0 Å². The van der Waals surface area contributed by atoms with E-state index in [1.54, 1.807) is 0 Å². The normalized spacial score (nSPS) is 14.0. The van der Waals surface area contributed by atoms with Crippen molar-refractivity contribution in [3.8, 4) is 0 Å². The minimum Gasteiger partial charge on any atom is -0.370 e. The van der Waals surface area contributed by atoms with Gasteiger partial charge in [0.1, 0.15) is 17.5 Å². The second-order valence-corrected chi connectivity index (χ2v) is 5.85. The number of hydrogen-bond acceptors (Lipinski definition) is 4. The summed E-state index contributed by atoms with van der Waals surface area (Å²) in [6.45, 7) is 2.74. The number of anilines is 2. The molecule has 21 heavy (non-hydrogen) atoms. The largest absolute Gasteiger partial charge is 0.370 e. The van der Waals surface area contributed by atoms with Crippen molar-refractivity contribution in [3.63, 3.8) is 0 Å². The van der Waals surface area contributed by atoms with E-state index in [0.717, 1.165) is 35.4 Å². The summed E-state index contributed by atoms with van der Waals surface area (Å²) in [7, 11) is 0. The summed E-state index contributed by atoms with van der Waals surface area (Å²) in [5.74, 6) is 2.56. The molecule has 0 spiro atoms. The highest BCUT2D eigenvalue weighted by Crippen LogP contribution is 2.24. The fourth-order valence-corrected chi connectivity index (χ4v) is 2.41. The van der Waals surface area contributed by atoms with E-state index < -0.39 is 0 Å². The van der Waals surface area contributed by atoms with E-state index in [1.807, 2.05) is 31.2 Å². The molecule has 1 aliphatic rings. The van der Waals surface area contributed by atoms with Crippen LogP contribution in [0.1, 0.15) is 24.2 Å². The van der Waals surface area contributed by atoms with E-state index in [2.05, 4.69) is 26.7 Å². The van der Waals surface area contributed by atoms with E-state index in [-0.39, 0.29) is 0 Å². The quantitative estimate of drug-likeness (QED) is 0.855. The van der Waals surface area contributed by atoms with Crippen LogP contribution in [-0.2, 0) is 6.42 Å². The average molecular weight is 303 g/mol. The van der Waals surface area contributed by atoms with Crippen LogP contribution in [0.4, 0.5) is 11.6 Å². The number of halogens is 1. The molecule has 110 valence electrons. The van der Waals surface area contributed by atoms with Crippen molar-refractivity contribution < 1.29 is 0 Å². The van der Waals surface area contributed by atoms with Gasteiger partial charge in [-0.25, -0.2) is 9.97 Å². The average Bonchev–Trinajstić information content (AvgIpc) is 3.22. The van der Waals surface area contributed by atoms with Gasteiger partial charge in [-0.15, -0.1) is 0 Å². The van der Waals surface area contributed by atoms with E-state index in [9.17, 15) is 0 Å². The number of aryl methyl sites for hydroxylation is 1. The number of hydrogen-bond donors (Lipinski definition) is 2. The van der Waals surface area contributed by atoms with E-state index >= 15 is 0 Å². The molecule has 3 rings (SSSR count). The standard InChI is InChI=1S/C16H19ClN4/c1-11-19-15(10-16(20-11)21-14-5-6-14)18-8-7-12-3-2-4-13(17)9-12/h2-4,9-10,14H,5-8H2,1H3,(H2,18,19,20,21). The summed E-state index contributed by atoms with van der Waals surface area (Å²) in [5, 5.41) is 7.54. The van der Waals surface area contributed by atoms with Gasteiger partial charge in [0.15, 0.2) is 0 Å². The highest BCUT2D eigenvalue weighted by Gasteiger charge is 2.21. The number of nitrogens with one attached hydrogen (secondary N) is 2. The minimum absolute atomic E-state index is 0.596. The van der Waals surface area contributed by atoms with Crippen LogP contribution in [0.15, 0.2) is 30.3 Å². The Balaban J connectivity index is 1.58. The molecule has 1 aliphatic carbocycles. The zero-order valence-electron chi connectivity index (χ0n) is 12.1. The number of rotatable bonds is 6. The van der Waals surface area contributed by atoms with Crippen LogP contribution in [0.25, 0.3) is 0 Å². The third-order valence-corrected chi connectivity index (χ3v) is 3.61. The summed E-state index contributed by atoms with van der Waals surface area (Å²) in [4.78, 5) is 8.83. The van der Waals surface area contributed by atoms with Crippen LogP contribution in [0.3, 0.4) is 0 Å². The van der Waals surface area contributed by atoms with Gasteiger partial charge in [-0.1, -0.05) is 23.7 Å². The van der Waals surface area contributed by atoms with Gasteiger partial charge in [0.2, 0.25) is 0 Å². The second-order valence-electron chi connectivity index (χ2n) is 5.41. The maximum Gasteiger partial charge on any atom is 0.132 e. The fourth-order valence-electron chi connectivity index (χ4n) is 2.20. The lowest BCUT2D eigenvalue weighted by Gasteiger charge is -2.10. The van der Waals surface area contributed by atoms with Gasteiger partial charge in [-0.05, 0) is 43.9 Å². The fraction of sp³-hybridized carbons (Fsp3) is 0.375. The topological polar surface area (TPSA) is 49.8 Å². The first-order valence-electron chi connectivity index (χ1n) is 7.29. The second kappa shape index (κ2) is 6.31. The van der Waals surface area contributed by atoms with Crippen LogP contribution in [0.5, 0.6) is 0 Å². The molecule has 2 aromatic rings. The Kier molecular flexibility index (Phi) is 4.25. The molecular formula is C16H19ClN4. The predicted molar refractivity (Wildman–Crippen MR) is 87.1 cm³/mol. The van der Waals surface area contributed by atoms with Crippen LogP contribution < -0.4 is 10.6 Å². The first-order valence-corrected chi connectivity index (χ1v) is 7.67. The Hall–Kier alpha value is -1.81. The molecule has 0 unspecified atom stereocenters. The van der Waals surface area contributed by atoms with Crippen molar-refractivity contribution >= 4 is 23.2 Å². The Bertz CT molecular complexity index is 625. The summed E-state index contributed by atoms with van der Waals surface area (Å²) >= 11 is 5.99. The van der Waals surface area contributed by atoms with Crippen molar-refractivity contribution in [1.82, 2.24) is 9.97 Å². The summed E-state index contributed by atoms with van der Waals surface area (Å²) < 4.78 is 0. The molecule has 1 aromatic carbocycles. The smallest absolute Gasteiger partial charge is 0.132 e. The lowest BCUT2D eigenvalue weighted by Crippen LogP contribution is -2.10. The lowest BCUT2D eigenvalue weighted by atomic mass is 10.1. The molecular weight excluding hydrogens is 284 g/mol. The minimum atomic E-state index is 0.596. The molecule has 0 bridgehead atoms. The molecule has 0 amide bonds. The van der Waals surface area contributed by atoms with Crippen LogP contribution in [-0.4, -0.2) is 22.6 Å². The third kappa shape index (κ3) is 4.33. The van der Waals surface area contributed by atoms with Crippen LogP contribution in [0, 0.1) is 6.92 Å². The Morgan fingerprint density at radius 3 is 2.76 bits per heavy atom. The molecule has 1 saturated carbocycles. The Morgan fingerprint density at radius 1 is 1.19 bits per heavy atom. The Morgan fingerprint density at radius 2 is 2.00 bits per heavy atom. The molecule has 0 radical (unpaired) electrons. The van der Waals surface area contributed by atoms with Crippen LogP contribution >= 0.6 is 11.6 Å². The highest BCUT2D eigenvalue weighted by molar-refractivity contribution is 6.30. The number of nitrogens with zero attached hydrogens (tertiary/aromatic N) is 2. The maximum absolute atomic E-state index is 5.99. The van der Waals surface area contributed by atoms with E-state index in [1.165, 1.54) is 18.4 Å². The van der Waals surface area contributed by atoms with Gasteiger partial charge in [-0.2, -0.15) is 0 Å². The molecule has 0 atom stereocenters. The van der Waals surface area contributed by atoms with Gasteiger partial charge in [-0.3, -0.25) is 0 Å². The SMILES string of the molecule is Cc1nc(NCCc2cccc(Cl)c2)cc(NC2CC2)n1. The first kappa shape index (κ1) is 14.1. The molecule has 1 heterocycles. The van der Waals surface area contributed by atoms with Crippen molar-refractivity contribution in [3.05, 3.63) is 46.7 Å². The molecule has 2 N–H and O–H groups in total. The van der Waals surface area contributed by atoms with Crippen molar-refractivity contribution in [2.75, 3.05) is 17.2 Å². The summed E-state index contributed by atoms with van der Waals surface area (Å²) in [5.41, 5.74) is 1.22. The molecule has 4 nitrogen and oxygen atoms in total. The van der Waals surface area contributed by atoms with Crippen molar-refractivity contribution in [2.45, 2.75) is 32.2 Å². The maximum atomic E-state index is 5.99. The number of aromatic nitrogens is 2. The molecule has 1 fully saturated rings. The van der Waals surface area contributed by atoms with E-state index in [0.29, 0.717) is 6.04 Å². The zero-order valence-corrected chi connectivity index (χ0v) is 12.8. The number of benzene rings is 1. The lowest BCUT2D eigenvalue weighted by molar-refractivity contribution is 0.975. The predicted octanol–water partition coefficient (Wildman–Crippen LogP) is 3.67.